The first-order valence-electron chi connectivity index (χ1n) is 7.86. The Morgan fingerprint density at radius 1 is 0.870 bits per heavy atom. The molecule has 0 bridgehead atoms. The molecule has 0 aliphatic heterocycles. The van der Waals surface area contributed by atoms with E-state index in [1.807, 2.05) is 18.2 Å². The molecule has 116 valence electrons. The van der Waals surface area contributed by atoms with Gasteiger partial charge in [-0.2, -0.15) is 0 Å². The highest BCUT2D eigenvalue weighted by molar-refractivity contribution is 5.92. The number of aromatic amines is 1. The van der Waals surface area contributed by atoms with E-state index in [1.54, 1.807) is 12.3 Å². The molecular weight excluding hydrogens is 284 g/mol. The highest BCUT2D eigenvalue weighted by Gasteiger charge is 2.14. The van der Waals surface area contributed by atoms with E-state index in [4.69, 9.17) is 0 Å². The summed E-state index contributed by atoms with van der Waals surface area (Å²) in [6.45, 7) is 0.631. The predicted molar refractivity (Wildman–Crippen MR) is 92.5 cm³/mol. The van der Waals surface area contributed by atoms with E-state index in [0.717, 1.165) is 6.42 Å². The first-order valence-corrected chi connectivity index (χ1v) is 7.86. The number of amides is 1. The SMILES string of the molecule is O=C(NCCC(c1ccccc1)c1ccccc1)c1ccc[nH]1. The maximum Gasteiger partial charge on any atom is 0.267 e. The number of nitrogens with one attached hydrogen (secondary N) is 2. The molecule has 0 unspecified atom stereocenters. The molecule has 0 spiro atoms. The Bertz CT molecular complexity index is 681. The summed E-state index contributed by atoms with van der Waals surface area (Å²) in [5.74, 6) is 0.219. The van der Waals surface area contributed by atoms with Crippen LogP contribution in [0.4, 0.5) is 0 Å². The van der Waals surface area contributed by atoms with Gasteiger partial charge >= 0.3 is 0 Å². The summed E-state index contributed by atoms with van der Waals surface area (Å²) in [6.07, 6.45) is 2.62. The Hall–Kier alpha value is -2.81. The quantitative estimate of drug-likeness (QED) is 0.711. The van der Waals surface area contributed by atoms with Gasteiger partial charge in [0.15, 0.2) is 0 Å². The second-order valence-electron chi connectivity index (χ2n) is 5.50. The number of carbonyl (C=O) groups excluding carboxylic acids is 1. The summed E-state index contributed by atoms with van der Waals surface area (Å²) in [5, 5.41) is 2.98. The number of hydrogen-bond donors (Lipinski definition) is 2. The molecule has 2 aromatic carbocycles. The van der Waals surface area contributed by atoms with E-state index < -0.39 is 0 Å². The summed E-state index contributed by atoms with van der Waals surface area (Å²) in [5.41, 5.74) is 3.14. The van der Waals surface area contributed by atoms with Crippen LogP contribution in [0.1, 0.15) is 34.0 Å². The van der Waals surface area contributed by atoms with Crippen molar-refractivity contribution in [3.8, 4) is 0 Å². The Labute approximate surface area is 136 Å². The molecule has 0 saturated carbocycles. The molecule has 0 aliphatic carbocycles. The van der Waals surface area contributed by atoms with Crippen LogP contribution in [0.25, 0.3) is 0 Å². The third-order valence-corrected chi connectivity index (χ3v) is 3.97. The zero-order chi connectivity index (χ0) is 15.9. The van der Waals surface area contributed by atoms with E-state index in [0.29, 0.717) is 12.2 Å². The van der Waals surface area contributed by atoms with Crippen LogP contribution in [0.15, 0.2) is 79.0 Å². The summed E-state index contributed by atoms with van der Waals surface area (Å²) in [7, 11) is 0. The lowest BCUT2D eigenvalue weighted by Crippen LogP contribution is -2.26. The highest BCUT2D eigenvalue weighted by atomic mass is 16.1. The number of benzene rings is 2. The van der Waals surface area contributed by atoms with Gasteiger partial charge in [0.05, 0.1) is 0 Å². The molecule has 3 rings (SSSR count). The molecule has 1 amide bonds. The lowest BCUT2D eigenvalue weighted by Gasteiger charge is -2.18. The number of aromatic nitrogens is 1. The first kappa shape index (κ1) is 15.1. The van der Waals surface area contributed by atoms with Gasteiger partial charge in [-0.3, -0.25) is 4.79 Å². The fourth-order valence-corrected chi connectivity index (χ4v) is 2.79. The molecule has 3 nitrogen and oxygen atoms in total. The molecular formula is C20H20N2O. The van der Waals surface area contributed by atoms with Gasteiger partial charge in [-0.1, -0.05) is 60.7 Å². The molecule has 23 heavy (non-hydrogen) atoms. The van der Waals surface area contributed by atoms with Crippen molar-refractivity contribution in [3.63, 3.8) is 0 Å². The molecule has 0 fully saturated rings. The Morgan fingerprint density at radius 2 is 1.48 bits per heavy atom. The average Bonchev–Trinajstić information content (AvgIpc) is 3.15. The maximum absolute atomic E-state index is 12.0. The lowest BCUT2D eigenvalue weighted by atomic mass is 9.88. The topological polar surface area (TPSA) is 44.9 Å². The molecule has 0 saturated heterocycles. The van der Waals surface area contributed by atoms with E-state index in [2.05, 4.69) is 58.8 Å². The van der Waals surface area contributed by atoms with Crippen molar-refractivity contribution in [1.29, 1.82) is 0 Å². The van der Waals surface area contributed by atoms with Gasteiger partial charge in [0.1, 0.15) is 5.69 Å². The molecule has 2 N–H and O–H groups in total. The molecule has 3 heteroatoms. The van der Waals surface area contributed by atoms with Crippen molar-refractivity contribution >= 4 is 5.91 Å². The second-order valence-corrected chi connectivity index (χ2v) is 5.50. The monoisotopic (exact) mass is 304 g/mol. The van der Waals surface area contributed by atoms with E-state index in [1.165, 1.54) is 11.1 Å². The standard InChI is InChI=1S/C20H20N2O/c23-20(19-12-7-14-21-19)22-15-13-18(16-8-3-1-4-9-16)17-10-5-2-6-11-17/h1-12,14,18,21H,13,15H2,(H,22,23). The molecule has 3 aromatic rings. The van der Waals surface area contributed by atoms with Crippen LogP contribution in [-0.2, 0) is 0 Å². The summed E-state index contributed by atoms with van der Waals surface area (Å²) < 4.78 is 0. The van der Waals surface area contributed by atoms with Crippen LogP contribution in [-0.4, -0.2) is 17.4 Å². The minimum atomic E-state index is -0.0603. The van der Waals surface area contributed by atoms with Gasteiger partial charge in [-0.25, -0.2) is 0 Å². The predicted octanol–water partition coefficient (Wildman–Crippen LogP) is 3.97. The van der Waals surface area contributed by atoms with Crippen LogP contribution < -0.4 is 5.32 Å². The van der Waals surface area contributed by atoms with Gasteiger partial charge in [0, 0.05) is 18.7 Å². The van der Waals surface area contributed by atoms with Crippen LogP contribution in [0, 0.1) is 0 Å². The van der Waals surface area contributed by atoms with E-state index in [9.17, 15) is 4.79 Å². The van der Waals surface area contributed by atoms with E-state index in [-0.39, 0.29) is 11.8 Å². The normalized spacial score (nSPS) is 10.7. The first-order chi connectivity index (χ1) is 11.3. The van der Waals surface area contributed by atoms with Crippen molar-refractivity contribution in [2.45, 2.75) is 12.3 Å². The Morgan fingerprint density at radius 3 is 2.00 bits per heavy atom. The average molecular weight is 304 g/mol. The summed E-state index contributed by atoms with van der Waals surface area (Å²) in [6, 6.07) is 24.5. The minimum absolute atomic E-state index is 0.0603. The van der Waals surface area contributed by atoms with Crippen molar-refractivity contribution < 1.29 is 4.79 Å². The zero-order valence-corrected chi connectivity index (χ0v) is 12.9. The smallest absolute Gasteiger partial charge is 0.267 e. The maximum atomic E-state index is 12.0. The van der Waals surface area contributed by atoms with Crippen LogP contribution >= 0.6 is 0 Å². The Kier molecular flexibility index (Phi) is 4.89. The van der Waals surface area contributed by atoms with Crippen molar-refractivity contribution in [1.82, 2.24) is 10.3 Å². The van der Waals surface area contributed by atoms with Crippen molar-refractivity contribution in [2.75, 3.05) is 6.54 Å². The minimum Gasteiger partial charge on any atom is -0.357 e. The molecule has 0 radical (unpaired) electrons. The lowest BCUT2D eigenvalue weighted by molar-refractivity contribution is 0.0948. The Balaban J connectivity index is 1.69. The van der Waals surface area contributed by atoms with Crippen LogP contribution in [0.2, 0.25) is 0 Å². The number of H-pyrrole nitrogens is 1. The molecule has 0 atom stereocenters. The van der Waals surface area contributed by atoms with Crippen LogP contribution in [0.5, 0.6) is 0 Å². The number of hydrogen-bond acceptors (Lipinski definition) is 1. The van der Waals surface area contributed by atoms with Gasteiger partial charge < -0.3 is 10.3 Å². The van der Waals surface area contributed by atoms with Crippen LogP contribution in [0.3, 0.4) is 0 Å². The zero-order valence-electron chi connectivity index (χ0n) is 12.9. The summed E-state index contributed by atoms with van der Waals surface area (Å²) in [4.78, 5) is 14.9. The van der Waals surface area contributed by atoms with Gasteiger partial charge in [-0.15, -0.1) is 0 Å². The van der Waals surface area contributed by atoms with E-state index >= 15 is 0 Å². The molecule has 1 aromatic heterocycles. The molecule has 1 heterocycles. The van der Waals surface area contributed by atoms with Gasteiger partial charge in [0.2, 0.25) is 0 Å². The highest BCUT2D eigenvalue weighted by Crippen LogP contribution is 2.27. The fraction of sp³-hybridized carbons (Fsp3) is 0.150. The third-order valence-electron chi connectivity index (χ3n) is 3.97. The second kappa shape index (κ2) is 7.45. The number of carbonyl (C=O) groups is 1. The third kappa shape index (κ3) is 3.89. The van der Waals surface area contributed by atoms with Gasteiger partial charge in [0.25, 0.3) is 5.91 Å². The number of rotatable bonds is 6. The van der Waals surface area contributed by atoms with Crippen molar-refractivity contribution in [2.24, 2.45) is 0 Å². The van der Waals surface area contributed by atoms with Crippen molar-refractivity contribution in [3.05, 3.63) is 95.8 Å². The summed E-state index contributed by atoms with van der Waals surface area (Å²) >= 11 is 0. The fourth-order valence-electron chi connectivity index (χ4n) is 2.79. The van der Waals surface area contributed by atoms with Gasteiger partial charge in [-0.05, 0) is 29.7 Å². The molecule has 0 aliphatic rings. The largest absolute Gasteiger partial charge is 0.357 e.